The maximum absolute atomic E-state index is 12.5. The number of carbonyl (C=O) groups is 1. The largest absolute Gasteiger partial charge is 0.326 e. The number of nitriles is 1. The van der Waals surface area contributed by atoms with Crippen LogP contribution in [0.1, 0.15) is 17.5 Å². The minimum absolute atomic E-state index is 0.0960. The summed E-state index contributed by atoms with van der Waals surface area (Å²) in [5.41, 5.74) is 2.55. The minimum Gasteiger partial charge on any atom is -0.326 e. The van der Waals surface area contributed by atoms with Crippen molar-refractivity contribution in [3.8, 4) is 17.3 Å². The Bertz CT molecular complexity index is 1390. The van der Waals surface area contributed by atoms with Gasteiger partial charge in [-0.15, -0.1) is 0 Å². The summed E-state index contributed by atoms with van der Waals surface area (Å²) in [6, 6.07) is 25.5. The van der Waals surface area contributed by atoms with Crippen LogP contribution in [0, 0.1) is 11.3 Å². The topological polar surface area (TPSA) is 111 Å². The molecule has 0 aliphatic rings. The predicted molar refractivity (Wildman–Crippen MR) is 133 cm³/mol. The number of amides is 1. The van der Waals surface area contributed by atoms with E-state index in [4.69, 9.17) is 11.6 Å². The molecule has 0 aliphatic heterocycles. The van der Waals surface area contributed by atoms with Crippen molar-refractivity contribution in [1.82, 2.24) is 9.97 Å². The Morgan fingerprint density at radius 3 is 2.32 bits per heavy atom. The molecule has 4 rings (SSSR count). The lowest BCUT2D eigenvalue weighted by Crippen LogP contribution is -2.16. The average Bonchev–Trinajstić information content (AvgIpc) is 2.85. The van der Waals surface area contributed by atoms with E-state index in [1.54, 1.807) is 48.5 Å². The van der Waals surface area contributed by atoms with E-state index in [1.807, 2.05) is 36.4 Å². The van der Waals surface area contributed by atoms with Crippen LogP contribution in [0.25, 0.3) is 11.3 Å². The summed E-state index contributed by atoms with van der Waals surface area (Å²) in [4.78, 5) is 31.8. The highest BCUT2D eigenvalue weighted by Crippen LogP contribution is 2.24. The molecule has 0 saturated carbocycles. The van der Waals surface area contributed by atoms with Crippen LogP contribution < -0.4 is 16.2 Å². The monoisotopic (exact) mass is 469 g/mol. The molecule has 0 spiro atoms. The van der Waals surface area contributed by atoms with Crippen molar-refractivity contribution in [2.24, 2.45) is 0 Å². The molecule has 7 nitrogen and oxygen atoms in total. The number of hydrogen-bond donors (Lipinski definition) is 3. The average molecular weight is 470 g/mol. The van der Waals surface area contributed by atoms with Gasteiger partial charge in [0.05, 0.1) is 5.69 Å². The number of aryl methyl sites for hydroxylation is 1. The molecule has 3 N–H and O–H groups in total. The molecule has 0 bridgehead atoms. The summed E-state index contributed by atoms with van der Waals surface area (Å²) < 4.78 is 0. The van der Waals surface area contributed by atoms with Gasteiger partial charge in [0.25, 0.3) is 5.56 Å². The van der Waals surface area contributed by atoms with Gasteiger partial charge in [0.1, 0.15) is 11.6 Å². The van der Waals surface area contributed by atoms with E-state index in [9.17, 15) is 14.9 Å². The van der Waals surface area contributed by atoms with Gasteiger partial charge in [-0.1, -0.05) is 54.1 Å². The van der Waals surface area contributed by atoms with Crippen LogP contribution in [-0.2, 0) is 11.2 Å². The van der Waals surface area contributed by atoms with Gasteiger partial charge >= 0.3 is 0 Å². The molecule has 0 radical (unpaired) electrons. The molecule has 8 heteroatoms. The highest BCUT2D eigenvalue weighted by atomic mass is 35.5. The van der Waals surface area contributed by atoms with Crippen molar-refractivity contribution >= 4 is 34.8 Å². The lowest BCUT2D eigenvalue weighted by Gasteiger charge is -2.10. The Balaban J connectivity index is 1.50. The minimum atomic E-state index is -0.553. The number of nitrogens with one attached hydrogen (secondary N) is 3. The number of aromatic nitrogens is 2. The van der Waals surface area contributed by atoms with Crippen molar-refractivity contribution in [3.05, 3.63) is 105 Å². The van der Waals surface area contributed by atoms with Crippen LogP contribution in [0.5, 0.6) is 0 Å². The molecule has 1 amide bonds. The third-order valence-corrected chi connectivity index (χ3v) is 5.32. The Morgan fingerprint density at radius 2 is 1.65 bits per heavy atom. The highest BCUT2D eigenvalue weighted by molar-refractivity contribution is 6.30. The van der Waals surface area contributed by atoms with Crippen LogP contribution in [-0.4, -0.2) is 15.9 Å². The van der Waals surface area contributed by atoms with Crippen LogP contribution in [0.15, 0.2) is 83.7 Å². The standard InChI is InChI=1S/C26H20ClN5O2/c27-19-9-13-21(14-10-19)30-26-31-24(22(16-28)25(34)32-26)18-7-11-20(12-8-18)29-23(33)15-6-17-4-2-1-3-5-17/h1-5,7-14H,6,15H2,(H,29,33)(H2,30,31,32,34). The summed E-state index contributed by atoms with van der Waals surface area (Å²) >= 11 is 5.91. The lowest BCUT2D eigenvalue weighted by molar-refractivity contribution is -0.116. The zero-order valence-corrected chi connectivity index (χ0v) is 18.8. The third-order valence-electron chi connectivity index (χ3n) is 5.06. The number of H-pyrrole nitrogens is 1. The zero-order chi connectivity index (χ0) is 23.9. The van der Waals surface area contributed by atoms with Gasteiger partial charge in [-0.3, -0.25) is 14.6 Å². The fraction of sp³-hybridized carbons (Fsp3) is 0.0769. The Morgan fingerprint density at radius 1 is 0.971 bits per heavy atom. The third kappa shape index (κ3) is 5.68. The van der Waals surface area contributed by atoms with E-state index in [1.165, 1.54) is 0 Å². The number of nitrogens with zero attached hydrogens (tertiary/aromatic N) is 2. The van der Waals surface area contributed by atoms with Gasteiger partial charge in [0, 0.05) is 28.4 Å². The Kier molecular flexibility index (Phi) is 7.01. The van der Waals surface area contributed by atoms with Gasteiger partial charge in [-0.05, 0) is 48.4 Å². The number of halogens is 1. The van der Waals surface area contributed by atoms with Crippen molar-refractivity contribution in [3.63, 3.8) is 0 Å². The fourth-order valence-corrected chi connectivity index (χ4v) is 3.48. The van der Waals surface area contributed by atoms with E-state index in [0.717, 1.165) is 5.56 Å². The molecule has 0 fully saturated rings. The number of anilines is 3. The maximum atomic E-state index is 12.5. The molecule has 0 unspecified atom stereocenters. The van der Waals surface area contributed by atoms with E-state index >= 15 is 0 Å². The quantitative estimate of drug-likeness (QED) is 0.341. The molecule has 1 heterocycles. The molecule has 0 atom stereocenters. The van der Waals surface area contributed by atoms with Crippen molar-refractivity contribution < 1.29 is 4.79 Å². The second-order valence-corrected chi connectivity index (χ2v) is 7.93. The zero-order valence-electron chi connectivity index (χ0n) is 18.0. The number of benzene rings is 3. The molecule has 168 valence electrons. The van der Waals surface area contributed by atoms with Crippen molar-refractivity contribution in [1.29, 1.82) is 5.26 Å². The molecule has 4 aromatic rings. The summed E-state index contributed by atoms with van der Waals surface area (Å²) in [5.74, 6) is 0.0951. The maximum Gasteiger partial charge on any atom is 0.270 e. The van der Waals surface area contributed by atoms with E-state index in [0.29, 0.717) is 34.8 Å². The summed E-state index contributed by atoms with van der Waals surface area (Å²) in [6.07, 6.45) is 1.01. The van der Waals surface area contributed by atoms with E-state index < -0.39 is 5.56 Å². The second-order valence-electron chi connectivity index (χ2n) is 7.49. The highest BCUT2D eigenvalue weighted by Gasteiger charge is 2.14. The first-order valence-electron chi connectivity index (χ1n) is 10.5. The number of aromatic amines is 1. The normalized spacial score (nSPS) is 10.4. The second kappa shape index (κ2) is 10.5. The van der Waals surface area contributed by atoms with Gasteiger partial charge < -0.3 is 10.6 Å². The SMILES string of the molecule is N#Cc1c(-c2ccc(NC(=O)CCc3ccccc3)cc2)nc(Nc2ccc(Cl)cc2)[nH]c1=O. The molecule has 0 aliphatic carbocycles. The molecule has 34 heavy (non-hydrogen) atoms. The number of hydrogen-bond acceptors (Lipinski definition) is 5. The van der Waals surface area contributed by atoms with Crippen LogP contribution in [0.3, 0.4) is 0 Å². The van der Waals surface area contributed by atoms with Crippen molar-refractivity contribution in [2.45, 2.75) is 12.8 Å². The number of carbonyl (C=O) groups excluding carboxylic acids is 1. The Hall–Kier alpha value is -4.41. The fourth-order valence-electron chi connectivity index (χ4n) is 3.35. The predicted octanol–water partition coefficient (Wildman–Crippen LogP) is 5.28. The van der Waals surface area contributed by atoms with Gasteiger partial charge in [0.2, 0.25) is 11.9 Å². The van der Waals surface area contributed by atoms with Gasteiger partial charge in [-0.2, -0.15) is 5.26 Å². The van der Waals surface area contributed by atoms with E-state index in [2.05, 4.69) is 20.6 Å². The first-order chi connectivity index (χ1) is 16.5. The first kappa shape index (κ1) is 22.8. The molecular weight excluding hydrogens is 450 g/mol. The first-order valence-corrected chi connectivity index (χ1v) is 10.9. The van der Waals surface area contributed by atoms with Gasteiger partial charge in [0.15, 0.2) is 0 Å². The lowest BCUT2D eigenvalue weighted by atomic mass is 10.1. The Labute approximate surface area is 201 Å². The smallest absolute Gasteiger partial charge is 0.270 e. The van der Waals surface area contributed by atoms with Crippen molar-refractivity contribution in [2.75, 3.05) is 10.6 Å². The summed E-state index contributed by atoms with van der Waals surface area (Å²) in [5, 5.41) is 16.0. The van der Waals surface area contributed by atoms with Crippen LogP contribution in [0.4, 0.5) is 17.3 Å². The summed E-state index contributed by atoms with van der Waals surface area (Å²) in [7, 11) is 0. The molecular formula is C26H20ClN5O2. The number of rotatable bonds is 7. The molecule has 0 saturated heterocycles. The van der Waals surface area contributed by atoms with Gasteiger partial charge in [-0.25, -0.2) is 4.98 Å². The summed E-state index contributed by atoms with van der Waals surface area (Å²) in [6.45, 7) is 0. The molecule has 3 aromatic carbocycles. The van der Waals surface area contributed by atoms with E-state index in [-0.39, 0.29) is 23.1 Å². The van der Waals surface area contributed by atoms with Crippen LogP contribution in [0.2, 0.25) is 5.02 Å². The molecule has 1 aromatic heterocycles. The van der Waals surface area contributed by atoms with Crippen LogP contribution >= 0.6 is 11.6 Å².